The van der Waals surface area contributed by atoms with Crippen LogP contribution in [0.4, 0.5) is 0 Å². The average Bonchev–Trinajstić information content (AvgIpc) is 3.23. The first-order valence-electron chi connectivity index (χ1n) is 7.34. The van der Waals surface area contributed by atoms with Crippen LogP contribution >= 0.6 is 12.4 Å². The Labute approximate surface area is 136 Å². The van der Waals surface area contributed by atoms with E-state index in [-0.39, 0.29) is 12.4 Å². The van der Waals surface area contributed by atoms with E-state index in [2.05, 4.69) is 5.10 Å². The Kier molecular flexibility index (Phi) is 5.69. The molecule has 1 aliphatic rings. The molecule has 1 aromatic heterocycles. The van der Waals surface area contributed by atoms with Crippen molar-refractivity contribution in [1.29, 1.82) is 0 Å². The van der Waals surface area contributed by atoms with Gasteiger partial charge in [-0.15, -0.1) is 12.4 Å². The summed E-state index contributed by atoms with van der Waals surface area (Å²) in [5, 5.41) is 4.31. The number of aromatic nitrogens is 2. The van der Waals surface area contributed by atoms with Gasteiger partial charge in [0.2, 0.25) is 0 Å². The summed E-state index contributed by atoms with van der Waals surface area (Å²) in [7, 11) is 1.67. The van der Waals surface area contributed by atoms with Crippen LogP contribution in [-0.2, 0) is 6.54 Å². The zero-order chi connectivity index (χ0) is 14.7. The van der Waals surface area contributed by atoms with Gasteiger partial charge in [-0.25, -0.2) is 0 Å². The lowest BCUT2D eigenvalue weighted by molar-refractivity contribution is 0.299. The summed E-state index contributed by atoms with van der Waals surface area (Å²) in [6, 6.07) is 5.91. The van der Waals surface area contributed by atoms with Crippen molar-refractivity contribution in [3.8, 4) is 22.6 Å². The predicted octanol–water partition coefficient (Wildman–Crippen LogP) is 2.73. The molecule has 5 nitrogen and oxygen atoms in total. The minimum atomic E-state index is 0. The number of hydrogen-bond donors (Lipinski definition) is 1. The van der Waals surface area contributed by atoms with Gasteiger partial charge in [0.1, 0.15) is 11.5 Å². The van der Waals surface area contributed by atoms with Crippen LogP contribution in [0.25, 0.3) is 11.1 Å². The fourth-order valence-corrected chi connectivity index (χ4v) is 2.26. The topological polar surface area (TPSA) is 62.3 Å². The van der Waals surface area contributed by atoms with E-state index in [1.54, 1.807) is 7.11 Å². The molecular formula is C16H22ClN3O2. The highest BCUT2D eigenvalue weighted by Gasteiger charge is 2.22. The van der Waals surface area contributed by atoms with Crippen LogP contribution in [0.15, 0.2) is 30.6 Å². The second kappa shape index (κ2) is 7.51. The van der Waals surface area contributed by atoms with E-state index in [0.717, 1.165) is 35.2 Å². The van der Waals surface area contributed by atoms with Crippen molar-refractivity contribution in [2.75, 3.05) is 20.3 Å². The number of benzene rings is 1. The molecule has 1 aromatic carbocycles. The number of nitrogens with zero attached hydrogens (tertiary/aromatic N) is 2. The minimum Gasteiger partial charge on any atom is -0.496 e. The smallest absolute Gasteiger partial charge is 0.127 e. The van der Waals surface area contributed by atoms with Gasteiger partial charge in [0.15, 0.2) is 0 Å². The molecule has 3 rings (SSSR count). The van der Waals surface area contributed by atoms with Crippen LogP contribution < -0.4 is 15.2 Å². The maximum absolute atomic E-state index is 5.84. The summed E-state index contributed by atoms with van der Waals surface area (Å²) < 4.78 is 13.1. The molecule has 6 heteroatoms. The first-order valence-corrected chi connectivity index (χ1v) is 7.34. The van der Waals surface area contributed by atoms with Gasteiger partial charge < -0.3 is 15.2 Å². The SMILES string of the molecule is COc1ccc(OCC2CC2)cc1-c1cnn(CCN)c1.Cl. The number of nitrogens with two attached hydrogens (primary N) is 1. The highest BCUT2D eigenvalue weighted by Crippen LogP contribution is 2.34. The van der Waals surface area contributed by atoms with Gasteiger partial charge in [-0.05, 0) is 37.0 Å². The van der Waals surface area contributed by atoms with Crippen molar-refractivity contribution in [3.63, 3.8) is 0 Å². The Bertz CT molecular complexity index is 611. The van der Waals surface area contributed by atoms with Crippen molar-refractivity contribution in [3.05, 3.63) is 30.6 Å². The van der Waals surface area contributed by atoms with Crippen molar-refractivity contribution in [2.24, 2.45) is 11.7 Å². The van der Waals surface area contributed by atoms with Crippen LogP contribution in [0.2, 0.25) is 0 Å². The summed E-state index contributed by atoms with van der Waals surface area (Å²) >= 11 is 0. The molecule has 1 fully saturated rings. The number of rotatable bonds is 7. The molecule has 0 bridgehead atoms. The van der Waals surface area contributed by atoms with Crippen molar-refractivity contribution in [1.82, 2.24) is 9.78 Å². The first kappa shape index (κ1) is 16.6. The van der Waals surface area contributed by atoms with E-state index in [0.29, 0.717) is 13.1 Å². The normalized spacial score (nSPS) is 13.5. The molecule has 1 saturated carbocycles. The van der Waals surface area contributed by atoms with E-state index in [4.69, 9.17) is 15.2 Å². The molecule has 0 atom stereocenters. The van der Waals surface area contributed by atoms with Crippen LogP contribution in [0.3, 0.4) is 0 Å². The second-order valence-corrected chi connectivity index (χ2v) is 5.40. The van der Waals surface area contributed by atoms with Gasteiger partial charge in [0.05, 0.1) is 26.5 Å². The van der Waals surface area contributed by atoms with Gasteiger partial charge >= 0.3 is 0 Å². The maximum Gasteiger partial charge on any atom is 0.127 e. The number of halogens is 1. The lowest BCUT2D eigenvalue weighted by Gasteiger charge is -2.10. The molecule has 1 aliphatic carbocycles. The molecule has 2 N–H and O–H groups in total. The fraction of sp³-hybridized carbons (Fsp3) is 0.438. The summed E-state index contributed by atoms with van der Waals surface area (Å²) in [6.45, 7) is 2.08. The van der Waals surface area contributed by atoms with Crippen LogP contribution in [-0.4, -0.2) is 30.0 Å². The molecule has 0 spiro atoms. The Balaban J connectivity index is 0.00000176. The van der Waals surface area contributed by atoms with Crippen molar-refractivity contribution >= 4 is 12.4 Å². The molecule has 0 aliphatic heterocycles. The quantitative estimate of drug-likeness (QED) is 0.851. The highest BCUT2D eigenvalue weighted by molar-refractivity contribution is 5.85. The van der Waals surface area contributed by atoms with E-state index < -0.39 is 0 Å². The van der Waals surface area contributed by atoms with E-state index in [1.807, 2.05) is 35.3 Å². The van der Waals surface area contributed by atoms with Crippen LogP contribution in [0.5, 0.6) is 11.5 Å². The van der Waals surface area contributed by atoms with E-state index in [9.17, 15) is 0 Å². The van der Waals surface area contributed by atoms with Crippen molar-refractivity contribution < 1.29 is 9.47 Å². The Hall–Kier alpha value is -1.72. The Morgan fingerprint density at radius 3 is 2.86 bits per heavy atom. The average molecular weight is 324 g/mol. The molecule has 0 amide bonds. The second-order valence-electron chi connectivity index (χ2n) is 5.40. The Morgan fingerprint density at radius 1 is 1.36 bits per heavy atom. The standard InChI is InChI=1S/C16H21N3O2.ClH/c1-20-16-5-4-14(21-11-12-2-3-12)8-15(16)13-9-18-19(10-13)7-6-17;/h4-5,8-10,12H,2-3,6-7,11,17H2,1H3;1H. The zero-order valence-electron chi connectivity index (χ0n) is 12.7. The molecule has 0 saturated heterocycles. The molecule has 1 heterocycles. The lowest BCUT2D eigenvalue weighted by atomic mass is 10.1. The van der Waals surface area contributed by atoms with Gasteiger partial charge in [-0.3, -0.25) is 4.68 Å². The number of methoxy groups -OCH3 is 1. The predicted molar refractivity (Wildman–Crippen MR) is 88.7 cm³/mol. The molecular weight excluding hydrogens is 302 g/mol. The monoisotopic (exact) mass is 323 g/mol. The van der Waals surface area contributed by atoms with Gasteiger partial charge in [0.25, 0.3) is 0 Å². The summed E-state index contributed by atoms with van der Waals surface area (Å²) in [5.41, 5.74) is 7.56. The third kappa shape index (κ3) is 3.93. The third-order valence-corrected chi connectivity index (χ3v) is 3.66. The highest BCUT2D eigenvalue weighted by atomic mass is 35.5. The zero-order valence-corrected chi connectivity index (χ0v) is 13.5. The summed E-state index contributed by atoms with van der Waals surface area (Å²) in [4.78, 5) is 0. The number of ether oxygens (including phenoxy) is 2. The summed E-state index contributed by atoms with van der Waals surface area (Å²) in [6.07, 6.45) is 6.39. The maximum atomic E-state index is 5.84. The molecule has 0 radical (unpaired) electrons. The summed E-state index contributed by atoms with van der Waals surface area (Å²) in [5.74, 6) is 2.44. The first-order chi connectivity index (χ1) is 10.3. The molecule has 0 unspecified atom stereocenters. The van der Waals surface area contributed by atoms with Crippen LogP contribution in [0.1, 0.15) is 12.8 Å². The largest absolute Gasteiger partial charge is 0.496 e. The molecule has 22 heavy (non-hydrogen) atoms. The van der Waals surface area contributed by atoms with Gasteiger partial charge in [-0.1, -0.05) is 0 Å². The van der Waals surface area contributed by atoms with Crippen LogP contribution in [0, 0.1) is 5.92 Å². The fourth-order valence-electron chi connectivity index (χ4n) is 2.26. The third-order valence-electron chi connectivity index (χ3n) is 3.66. The Morgan fingerprint density at radius 2 is 2.18 bits per heavy atom. The van der Waals surface area contributed by atoms with Gasteiger partial charge in [0, 0.05) is 23.9 Å². The number of hydrogen-bond acceptors (Lipinski definition) is 4. The van der Waals surface area contributed by atoms with E-state index in [1.165, 1.54) is 12.8 Å². The van der Waals surface area contributed by atoms with Crippen molar-refractivity contribution in [2.45, 2.75) is 19.4 Å². The van der Waals surface area contributed by atoms with E-state index >= 15 is 0 Å². The lowest BCUT2D eigenvalue weighted by Crippen LogP contribution is -2.09. The minimum absolute atomic E-state index is 0. The molecule has 2 aromatic rings. The van der Waals surface area contributed by atoms with Gasteiger partial charge in [-0.2, -0.15) is 5.10 Å². The molecule has 120 valence electrons.